The first-order chi connectivity index (χ1) is 11.2. The van der Waals surface area contributed by atoms with Crippen molar-refractivity contribution < 1.29 is 27.1 Å². The normalized spacial score (nSPS) is 11.2. The SMILES string of the molecule is CN(Cc1ccccc1OC(F)(F)F)C(=O)c1cc(F)cc(Br)c1. The first-order valence-corrected chi connectivity index (χ1v) is 7.50. The molecule has 0 saturated heterocycles. The van der Waals surface area contributed by atoms with Crippen LogP contribution in [-0.2, 0) is 6.54 Å². The average molecular weight is 406 g/mol. The molecule has 0 fully saturated rings. The molecule has 8 heteroatoms. The lowest BCUT2D eigenvalue weighted by Crippen LogP contribution is -2.27. The van der Waals surface area contributed by atoms with Gasteiger partial charge in [-0.3, -0.25) is 4.79 Å². The van der Waals surface area contributed by atoms with Crippen LogP contribution in [0.25, 0.3) is 0 Å². The Morgan fingerprint density at radius 3 is 2.50 bits per heavy atom. The smallest absolute Gasteiger partial charge is 0.405 e. The van der Waals surface area contributed by atoms with E-state index in [0.717, 1.165) is 6.07 Å². The molecule has 0 aliphatic rings. The molecule has 0 aliphatic heterocycles. The van der Waals surface area contributed by atoms with Crippen LogP contribution < -0.4 is 4.74 Å². The Morgan fingerprint density at radius 1 is 1.21 bits per heavy atom. The number of benzene rings is 2. The first kappa shape index (κ1) is 18.3. The number of carbonyl (C=O) groups is 1. The summed E-state index contributed by atoms with van der Waals surface area (Å²) in [6.07, 6.45) is -4.83. The van der Waals surface area contributed by atoms with Gasteiger partial charge in [-0.05, 0) is 24.3 Å². The molecule has 0 atom stereocenters. The number of hydrogen-bond donors (Lipinski definition) is 0. The third-order valence-corrected chi connectivity index (χ3v) is 3.52. The van der Waals surface area contributed by atoms with Gasteiger partial charge in [0.2, 0.25) is 0 Å². The highest BCUT2D eigenvalue weighted by Gasteiger charge is 2.32. The van der Waals surface area contributed by atoms with Gasteiger partial charge >= 0.3 is 6.36 Å². The van der Waals surface area contributed by atoms with Crippen LogP contribution in [0.15, 0.2) is 46.9 Å². The van der Waals surface area contributed by atoms with Crippen LogP contribution in [0.5, 0.6) is 5.75 Å². The molecule has 0 aromatic heterocycles. The summed E-state index contributed by atoms with van der Waals surface area (Å²) >= 11 is 3.09. The molecule has 24 heavy (non-hydrogen) atoms. The summed E-state index contributed by atoms with van der Waals surface area (Å²) in [7, 11) is 1.41. The zero-order valence-electron chi connectivity index (χ0n) is 12.4. The van der Waals surface area contributed by atoms with Gasteiger partial charge < -0.3 is 9.64 Å². The molecule has 0 aliphatic carbocycles. The van der Waals surface area contributed by atoms with Gasteiger partial charge in [0.05, 0.1) is 0 Å². The molecule has 2 aromatic rings. The third kappa shape index (κ3) is 4.95. The number of carbonyl (C=O) groups excluding carboxylic acids is 1. The fraction of sp³-hybridized carbons (Fsp3) is 0.188. The molecule has 0 unspecified atom stereocenters. The minimum Gasteiger partial charge on any atom is -0.405 e. The Hall–Kier alpha value is -2.09. The Balaban J connectivity index is 2.20. The lowest BCUT2D eigenvalue weighted by atomic mass is 10.1. The predicted molar refractivity (Wildman–Crippen MR) is 83.0 cm³/mol. The predicted octanol–water partition coefficient (Wildman–Crippen LogP) is 4.76. The zero-order chi connectivity index (χ0) is 17.9. The lowest BCUT2D eigenvalue weighted by Gasteiger charge is -2.20. The van der Waals surface area contributed by atoms with Crippen LogP contribution in [0.1, 0.15) is 15.9 Å². The quantitative estimate of drug-likeness (QED) is 0.686. The molecule has 0 bridgehead atoms. The molecule has 3 nitrogen and oxygen atoms in total. The second-order valence-corrected chi connectivity index (χ2v) is 5.89. The minimum atomic E-state index is -4.83. The summed E-state index contributed by atoms with van der Waals surface area (Å²) in [5.41, 5.74) is 0.264. The van der Waals surface area contributed by atoms with Gasteiger partial charge in [0.1, 0.15) is 11.6 Å². The Bertz CT molecular complexity index is 729. The van der Waals surface area contributed by atoms with E-state index in [1.807, 2.05) is 0 Å². The van der Waals surface area contributed by atoms with E-state index >= 15 is 0 Å². The van der Waals surface area contributed by atoms with Gasteiger partial charge in [0.15, 0.2) is 0 Å². The van der Waals surface area contributed by atoms with Gasteiger partial charge in [-0.1, -0.05) is 34.1 Å². The molecule has 2 aromatic carbocycles. The van der Waals surface area contributed by atoms with Crippen LogP contribution in [-0.4, -0.2) is 24.2 Å². The lowest BCUT2D eigenvalue weighted by molar-refractivity contribution is -0.275. The maximum absolute atomic E-state index is 13.4. The highest BCUT2D eigenvalue weighted by Crippen LogP contribution is 2.27. The molecular formula is C16H12BrF4NO2. The number of amides is 1. The third-order valence-electron chi connectivity index (χ3n) is 3.06. The summed E-state index contributed by atoms with van der Waals surface area (Å²) in [5.74, 6) is -1.51. The zero-order valence-corrected chi connectivity index (χ0v) is 14.0. The van der Waals surface area contributed by atoms with Crippen molar-refractivity contribution in [2.45, 2.75) is 12.9 Å². The van der Waals surface area contributed by atoms with E-state index in [1.165, 1.54) is 48.3 Å². The average Bonchev–Trinajstić information content (AvgIpc) is 2.46. The van der Waals surface area contributed by atoms with Crippen LogP contribution >= 0.6 is 15.9 Å². The molecule has 2 rings (SSSR count). The molecule has 0 saturated carbocycles. The summed E-state index contributed by atoms with van der Waals surface area (Å²) < 4.78 is 55.0. The maximum atomic E-state index is 13.4. The monoisotopic (exact) mass is 405 g/mol. The number of hydrogen-bond acceptors (Lipinski definition) is 2. The van der Waals surface area contributed by atoms with Gasteiger partial charge in [-0.2, -0.15) is 0 Å². The van der Waals surface area contributed by atoms with Crippen molar-refractivity contribution in [3.63, 3.8) is 0 Å². The van der Waals surface area contributed by atoms with Crippen molar-refractivity contribution in [1.82, 2.24) is 4.90 Å². The van der Waals surface area contributed by atoms with E-state index in [2.05, 4.69) is 20.7 Å². The van der Waals surface area contributed by atoms with Gasteiger partial charge in [0, 0.05) is 29.2 Å². The fourth-order valence-corrected chi connectivity index (χ4v) is 2.55. The van der Waals surface area contributed by atoms with Crippen LogP contribution in [0, 0.1) is 5.82 Å². The van der Waals surface area contributed by atoms with Crippen molar-refractivity contribution in [3.05, 3.63) is 63.9 Å². The van der Waals surface area contributed by atoms with Crippen molar-refractivity contribution >= 4 is 21.8 Å². The minimum absolute atomic E-state index is 0.0820. The van der Waals surface area contributed by atoms with Crippen molar-refractivity contribution in [2.24, 2.45) is 0 Å². The topological polar surface area (TPSA) is 29.5 Å². The second kappa shape index (κ2) is 7.21. The summed E-state index contributed by atoms with van der Waals surface area (Å²) in [5, 5.41) is 0. The van der Waals surface area contributed by atoms with Gasteiger partial charge in [-0.15, -0.1) is 13.2 Å². The van der Waals surface area contributed by atoms with Crippen LogP contribution in [0.4, 0.5) is 17.6 Å². The van der Waals surface area contributed by atoms with E-state index in [0.29, 0.717) is 4.47 Å². The molecule has 0 heterocycles. The fourth-order valence-electron chi connectivity index (χ4n) is 2.08. The maximum Gasteiger partial charge on any atom is 0.573 e. The number of alkyl halides is 3. The number of rotatable bonds is 4. The van der Waals surface area contributed by atoms with E-state index in [4.69, 9.17) is 0 Å². The van der Waals surface area contributed by atoms with Crippen molar-refractivity contribution in [1.29, 1.82) is 0 Å². The Morgan fingerprint density at radius 2 is 1.88 bits per heavy atom. The first-order valence-electron chi connectivity index (χ1n) is 6.71. The highest BCUT2D eigenvalue weighted by molar-refractivity contribution is 9.10. The van der Waals surface area contributed by atoms with E-state index in [1.54, 1.807) is 0 Å². The summed E-state index contributed by atoms with van der Waals surface area (Å²) in [6, 6.07) is 9.21. The standard InChI is InChI=1S/C16H12BrF4NO2/c1-22(15(23)11-6-12(17)8-13(18)7-11)9-10-4-2-3-5-14(10)24-16(19,20)21/h2-8H,9H2,1H3. The number of halogens is 5. The van der Waals surface area contributed by atoms with E-state index in [9.17, 15) is 22.4 Å². The van der Waals surface area contributed by atoms with E-state index in [-0.39, 0.29) is 23.4 Å². The highest BCUT2D eigenvalue weighted by atomic mass is 79.9. The molecule has 1 amide bonds. The molecular weight excluding hydrogens is 394 g/mol. The second-order valence-electron chi connectivity index (χ2n) is 4.97. The summed E-state index contributed by atoms with van der Waals surface area (Å²) in [6.45, 7) is -0.126. The van der Waals surface area contributed by atoms with Gasteiger partial charge in [-0.25, -0.2) is 4.39 Å². The molecule has 0 N–H and O–H groups in total. The van der Waals surface area contributed by atoms with Crippen molar-refractivity contribution in [2.75, 3.05) is 7.05 Å². The number of ether oxygens (including phenoxy) is 1. The number of para-hydroxylation sites is 1. The van der Waals surface area contributed by atoms with Crippen molar-refractivity contribution in [3.8, 4) is 5.75 Å². The van der Waals surface area contributed by atoms with Crippen LogP contribution in [0.3, 0.4) is 0 Å². The molecule has 0 spiro atoms. The van der Waals surface area contributed by atoms with Gasteiger partial charge in [0.25, 0.3) is 5.91 Å². The molecule has 128 valence electrons. The Kier molecular flexibility index (Phi) is 5.48. The van der Waals surface area contributed by atoms with Crippen LogP contribution in [0.2, 0.25) is 0 Å². The van der Waals surface area contributed by atoms with E-state index < -0.39 is 18.1 Å². The number of nitrogens with zero attached hydrogens (tertiary/aromatic N) is 1. The summed E-state index contributed by atoms with van der Waals surface area (Å²) in [4.78, 5) is 13.5. The Labute approximate surface area is 144 Å². The largest absolute Gasteiger partial charge is 0.573 e. The molecule has 0 radical (unpaired) electrons.